The number of phenols is 1. The van der Waals surface area contributed by atoms with Crippen LogP contribution in [0.1, 0.15) is 22.8 Å². The van der Waals surface area contributed by atoms with Crippen LogP contribution < -0.4 is 5.43 Å². The number of rotatable bonds is 4. The lowest BCUT2D eigenvalue weighted by molar-refractivity contribution is -0.129. The van der Waals surface area contributed by atoms with Crippen LogP contribution in [0.25, 0.3) is 0 Å². The number of nitrogens with zero attached hydrogens (tertiary/aromatic N) is 1. The first-order valence-electron chi connectivity index (χ1n) is 6.43. The SMILES string of the molecule is Cc1ccc(/C=N/NC(=O)[C@@H](O)c2ccccc2)c(O)c1. The van der Waals surface area contributed by atoms with Gasteiger partial charge in [-0.2, -0.15) is 5.10 Å². The van der Waals surface area contributed by atoms with Gasteiger partial charge in [0.2, 0.25) is 0 Å². The van der Waals surface area contributed by atoms with Crippen molar-refractivity contribution in [2.75, 3.05) is 0 Å². The molecule has 2 aromatic carbocycles. The Bertz CT molecular complexity index is 654. The third-order valence-corrected chi connectivity index (χ3v) is 2.93. The van der Waals surface area contributed by atoms with Crippen LogP contribution in [0.3, 0.4) is 0 Å². The molecule has 5 nitrogen and oxygen atoms in total. The number of phenolic OH excluding ortho intramolecular Hbond substituents is 1. The van der Waals surface area contributed by atoms with Crippen molar-refractivity contribution in [3.05, 3.63) is 65.2 Å². The molecule has 1 amide bonds. The van der Waals surface area contributed by atoms with Gasteiger partial charge in [0.05, 0.1) is 6.21 Å². The average molecular weight is 284 g/mol. The summed E-state index contributed by atoms with van der Waals surface area (Å²) >= 11 is 0. The quantitative estimate of drug-likeness (QED) is 0.592. The molecular formula is C16H16N2O3. The Hall–Kier alpha value is -2.66. The minimum absolute atomic E-state index is 0.0802. The van der Waals surface area contributed by atoms with Gasteiger partial charge in [0.15, 0.2) is 6.10 Å². The molecule has 5 heteroatoms. The minimum atomic E-state index is -1.28. The van der Waals surface area contributed by atoms with Crippen LogP contribution in [0.4, 0.5) is 0 Å². The Balaban J connectivity index is 1.99. The van der Waals surface area contributed by atoms with Gasteiger partial charge in [-0.15, -0.1) is 0 Å². The fourth-order valence-electron chi connectivity index (χ4n) is 1.78. The predicted molar refractivity (Wildman–Crippen MR) is 80.0 cm³/mol. The number of benzene rings is 2. The molecule has 0 aliphatic heterocycles. The number of hydrazone groups is 1. The summed E-state index contributed by atoms with van der Waals surface area (Å²) < 4.78 is 0. The second kappa shape index (κ2) is 6.67. The smallest absolute Gasteiger partial charge is 0.273 e. The molecule has 0 aliphatic carbocycles. The van der Waals surface area contributed by atoms with E-state index in [1.807, 2.05) is 13.0 Å². The zero-order chi connectivity index (χ0) is 15.2. The zero-order valence-electron chi connectivity index (χ0n) is 11.5. The van der Waals surface area contributed by atoms with Gasteiger partial charge in [-0.05, 0) is 30.2 Å². The first kappa shape index (κ1) is 14.7. The van der Waals surface area contributed by atoms with Gasteiger partial charge in [-0.25, -0.2) is 5.43 Å². The number of aliphatic hydroxyl groups excluding tert-OH is 1. The van der Waals surface area contributed by atoms with E-state index in [0.29, 0.717) is 11.1 Å². The summed E-state index contributed by atoms with van der Waals surface area (Å²) in [5.41, 5.74) is 4.14. The van der Waals surface area contributed by atoms with Crippen LogP contribution in [-0.2, 0) is 4.79 Å². The highest BCUT2D eigenvalue weighted by molar-refractivity contribution is 5.86. The van der Waals surface area contributed by atoms with E-state index in [1.165, 1.54) is 6.21 Å². The molecule has 0 heterocycles. The molecule has 0 fully saturated rings. The van der Waals surface area contributed by atoms with Crippen molar-refractivity contribution in [2.45, 2.75) is 13.0 Å². The number of aliphatic hydroxyl groups is 1. The molecule has 108 valence electrons. The molecule has 3 N–H and O–H groups in total. The van der Waals surface area contributed by atoms with Crippen LogP contribution in [0.5, 0.6) is 5.75 Å². The number of amides is 1. The maximum Gasteiger partial charge on any atom is 0.273 e. The van der Waals surface area contributed by atoms with Crippen molar-refractivity contribution >= 4 is 12.1 Å². The van der Waals surface area contributed by atoms with E-state index in [-0.39, 0.29) is 5.75 Å². The van der Waals surface area contributed by atoms with Crippen LogP contribution in [0, 0.1) is 6.92 Å². The molecule has 0 bridgehead atoms. The summed E-state index contributed by atoms with van der Waals surface area (Å²) in [6, 6.07) is 13.7. The molecule has 0 saturated carbocycles. The number of aromatic hydroxyl groups is 1. The molecule has 0 unspecified atom stereocenters. The summed E-state index contributed by atoms with van der Waals surface area (Å²) in [4.78, 5) is 11.7. The van der Waals surface area contributed by atoms with Crippen LogP contribution in [0.2, 0.25) is 0 Å². The second-order valence-corrected chi connectivity index (χ2v) is 4.61. The molecule has 0 spiro atoms. The predicted octanol–water partition coefficient (Wildman–Crippen LogP) is 1.88. The maximum atomic E-state index is 11.7. The van der Waals surface area contributed by atoms with Gasteiger partial charge in [-0.3, -0.25) is 4.79 Å². The van der Waals surface area contributed by atoms with Gasteiger partial charge < -0.3 is 10.2 Å². The van der Waals surface area contributed by atoms with E-state index < -0.39 is 12.0 Å². The van der Waals surface area contributed by atoms with Gasteiger partial charge in [0.25, 0.3) is 5.91 Å². The monoisotopic (exact) mass is 284 g/mol. The standard InChI is InChI=1S/C16H16N2O3/c1-11-7-8-13(14(19)9-11)10-17-18-16(21)15(20)12-5-3-2-4-6-12/h2-10,15,19-20H,1H3,(H,18,21)/b17-10+/t15-/m0/s1. The second-order valence-electron chi connectivity index (χ2n) is 4.61. The Morgan fingerprint density at radius 1 is 1.24 bits per heavy atom. The normalized spacial score (nSPS) is 12.3. The summed E-state index contributed by atoms with van der Waals surface area (Å²) in [6.07, 6.45) is 0.0414. The molecule has 0 saturated heterocycles. The lowest BCUT2D eigenvalue weighted by Gasteiger charge is -2.08. The number of hydrogen-bond acceptors (Lipinski definition) is 4. The Morgan fingerprint density at radius 3 is 2.62 bits per heavy atom. The number of nitrogens with one attached hydrogen (secondary N) is 1. The van der Waals surface area contributed by atoms with Crippen LogP contribution in [-0.4, -0.2) is 22.3 Å². The lowest BCUT2D eigenvalue weighted by atomic mass is 10.1. The number of aryl methyl sites for hydroxylation is 1. The Morgan fingerprint density at radius 2 is 1.95 bits per heavy atom. The summed E-state index contributed by atoms with van der Waals surface area (Å²) in [5.74, 6) is -0.555. The molecule has 2 rings (SSSR count). The molecule has 21 heavy (non-hydrogen) atoms. The highest BCUT2D eigenvalue weighted by atomic mass is 16.3. The van der Waals surface area contributed by atoms with Gasteiger partial charge in [-0.1, -0.05) is 36.4 Å². The van der Waals surface area contributed by atoms with E-state index in [4.69, 9.17) is 0 Å². The summed E-state index contributed by atoms with van der Waals surface area (Å²) in [6.45, 7) is 1.86. The highest BCUT2D eigenvalue weighted by Gasteiger charge is 2.15. The zero-order valence-corrected chi connectivity index (χ0v) is 11.5. The van der Waals surface area contributed by atoms with Crippen molar-refractivity contribution in [3.8, 4) is 5.75 Å². The van der Waals surface area contributed by atoms with E-state index >= 15 is 0 Å². The fraction of sp³-hybridized carbons (Fsp3) is 0.125. The van der Waals surface area contributed by atoms with Crippen molar-refractivity contribution < 1.29 is 15.0 Å². The Kier molecular flexibility index (Phi) is 4.68. The number of carbonyl (C=O) groups is 1. The summed E-state index contributed by atoms with van der Waals surface area (Å²) in [7, 11) is 0. The number of carbonyl (C=O) groups excluding carboxylic acids is 1. The topological polar surface area (TPSA) is 81.9 Å². The molecule has 0 aliphatic rings. The third-order valence-electron chi connectivity index (χ3n) is 2.93. The number of hydrogen-bond donors (Lipinski definition) is 3. The van der Waals surface area contributed by atoms with Crippen molar-refractivity contribution in [1.29, 1.82) is 0 Å². The largest absolute Gasteiger partial charge is 0.507 e. The maximum absolute atomic E-state index is 11.7. The molecule has 0 radical (unpaired) electrons. The van der Waals surface area contributed by atoms with E-state index in [9.17, 15) is 15.0 Å². The Labute approximate surface area is 122 Å². The highest BCUT2D eigenvalue weighted by Crippen LogP contribution is 2.16. The molecule has 0 aromatic heterocycles. The van der Waals surface area contributed by atoms with Crippen molar-refractivity contribution in [2.24, 2.45) is 5.10 Å². The average Bonchev–Trinajstić information content (AvgIpc) is 2.49. The third kappa shape index (κ3) is 3.90. The summed E-state index contributed by atoms with van der Waals surface area (Å²) in [5, 5.41) is 23.3. The molecule has 2 aromatic rings. The van der Waals surface area contributed by atoms with E-state index in [2.05, 4.69) is 10.5 Å². The van der Waals surface area contributed by atoms with Gasteiger partial charge in [0.1, 0.15) is 5.75 Å². The first-order chi connectivity index (χ1) is 10.1. The van der Waals surface area contributed by atoms with Crippen LogP contribution >= 0.6 is 0 Å². The van der Waals surface area contributed by atoms with Crippen LogP contribution in [0.15, 0.2) is 53.6 Å². The van der Waals surface area contributed by atoms with Gasteiger partial charge >= 0.3 is 0 Å². The van der Waals surface area contributed by atoms with Gasteiger partial charge in [0, 0.05) is 5.56 Å². The minimum Gasteiger partial charge on any atom is -0.507 e. The van der Waals surface area contributed by atoms with E-state index in [0.717, 1.165) is 5.56 Å². The lowest BCUT2D eigenvalue weighted by Crippen LogP contribution is -2.25. The fourth-order valence-corrected chi connectivity index (χ4v) is 1.78. The van der Waals surface area contributed by atoms with Crippen molar-refractivity contribution in [1.82, 2.24) is 5.43 Å². The molecule has 1 atom stereocenters. The van der Waals surface area contributed by atoms with Crippen molar-refractivity contribution in [3.63, 3.8) is 0 Å². The molecular weight excluding hydrogens is 268 g/mol. The first-order valence-corrected chi connectivity index (χ1v) is 6.43. The van der Waals surface area contributed by atoms with E-state index in [1.54, 1.807) is 42.5 Å².